The number of rotatable bonds is 4. The SMILES string of the molecule is Cc1ccccc1NC(=O)CCn1cccn1. The maximum atomic E-state index is 11.7. The number of benzene rings is 1. The number of hydrogen-bond donors (Lipinski definition) is 1. The molecular weight excluding hydrogens is 214 g/mol. The molecule has 2 rings (SSSR count). The second-order valence-electron chi connectivity index (χ2n) is 3.88. The molecule has 0 saturated carbocycles. The monoisotopic (exact) mass is 229 g/mol. The first-order chi connectivity index (χ1) is 8.25. The minimum absolute atomic E-state index is 0.00907. The van der Waals surface area contributed by atoms with E-state index >= 15 is 0 Å². The van der Waals surface area contributed by atoms with Crippen molar-refractivity contribution in [3.8, 4) is 0 Å². The van der Waals surface area contributed by atoms with Gasteiger partial charge in [0.1, 0.15) is 0 Å². The summed E-state index contributed by atoms with van der Waals surface area (Å²) in [5.74, 6) is 0.00907. The lowest BCUT2D eigenvalue weighted by Gasteiger charge is -2.07. The highest BCUT2D eigenvalue weighted by Crippen LogP contribution is 2.13. The first-order valence-corrected chi connectivity index (χ1v) is 5.58. The second kappa shape index (κ2) is 5.30. The fraction of sp³-hybridized carbons (Fsp3) is 0.231. The Morgan fingerprint density at radius 2 is 2.18 bits per heavy atom. The normalized spacial score (nSPS) is 10.2. The third-order valence-electron chi connectivity index (χ3n) is 2.55. The molecule has 1 amide bonds. The number of para-hydroxylation sites is 1. The highest BCUT2D eigenvalue weighted by Gasteiger charge is 2.04. The lowest BCUT2D eigenvalue weighted by Crippen LogP contribution is -2.15. The molecule has 1 aromatic carbocycles. The van der Waals surface area contributed by atoms with Gasteiger partial charge < -0.3 is 5.32 Å². The van der Waals surface area contributed by atoms with E-state index in [0.717, 1.165) is 11.3 Å². The summed E-state index contributed by atoms with van der Waals surface area (Å²) in [5, 5.41) is 6.94. The van der Waals surface area contributed by atoms with Crippen molar-refractivity contribution in [1.29, 1.82) is 0 Å². The summed E-state index contributed by atoms with van der Waals surface area (Å²) in [6.07, 6.45) is 3.98. The van der Waals surface area contributed by atoms with Crippen LogP contribution in [0.2, 0.25) is 0 Å². The van der Waals surface area contributed by atoms with Crippen LogP contribution >= 0.6 is 0 Å². The topological polar surface area (TPSA) is 46.9 Å². The molecule has 1 N–H and O–H groups in total. The quantitative estimate of drug-likeness (QED) is 0.873. The van der Waals surface area contributed by atoms with Crippen LogP contribution in [0.3, 0.4) is 0 Å². The van der Waals surface area contributed by atoms with E-state index in [2.05, 4.69) is 10.4 Å². The maximum Gasteiger partial charge on any atom is 0.226 e. The molecule has 0 aliphatic heterocycles. The van der Waals surface area contributed by atoms with Crippen molar-refractivity contribution < 1.29 is 4.79 Å². The number of nitrogens with one attached hydrogen (secondary N) is 1. The molecule has 2 aromatic rings. The molecule has 0 bridgehead atoms. The van der Waals surface area contributed by atoms with Gasteiger partial charge in [-0.1, -0.05) is 18.2 Å². The number of hydrogen-bond acceptors (Lipinski definition) is 2. The molecule has 0 saturated heterocycles. The summed E-state index contributed by atoms with van der Waals surface area (Å²) < 4.78 is 1.75. The van der Waals surface area contributed by atoms with E-state index < -0.39 is 0 Å². The van der Waals surface area contributed by atoms with Crippen LogP contribution < -0.4 is 5.32 Å². The number of aryl methyl sites for hydroxylation is 2. The molecule has 0 unspecified atom stereocenters. The Hall–Kier alpha value is -2.10. The van der Waals surface area contributed by atoms with Crippen molar-refractivity contribution in [3.63, 3.8) is 0 Å². The first kappa shape index (κ1) is 11.4. The van der Waals surface area contributed by atoms with Crippen LogP contribution in [-0.4, -0.2) is 15.7 Å². The number of carbonyl (C=O) groups excluding carboxylic acids is 1. The molecule has 1 heterocycles. The first-order valence-electron chi connectivity index (χ1n) is 5.58. The third-order valence-corrected chi connectivity index (χ3v) is 2.55. The predicted octanol–water partition coefficient (Wildman–Crippen LogP) is 2.22. The van der Waals surface area contributed by atoms with E-state index in [9.17, 15) is 4.79 Å². The number of anilines is 1. The Kier molecular flexibility index (Phi) is 3.55. The molecule has 0 aliphatic rings. The van der Waals surface area contributed by atoms with Gasteiger partial charge in [-0.3, -0.25) is 9.48 Å². The molecule has 0 aliphatic carbocycles. The minimum atomic E-state index is 0.00907. The molecule has 0 radical (unpaired) electrons. The molecule has 0 spiro atoms. The Balaban J connectivity index is 1.87. The van der Waals surface area contributed by atoms with E-state index in [1.54, 1.807) is 10.9 Å². The predicted molar refractivity (Wildman–Crippen MR) is 66.7 cm³/mol. The lowest BCUT2D eigenvalue weighted by atomic mass is 10.2. The molecular formula is C13H15N3O. The summed E-state index contributed by atoms with van der Waals surface area (Å²) in [7, 11) is 0. The zero-order chi connectivity index (χ0) is 12.1. The summed E-state index contributed by atoms with van der Waals surface area (Å²) in [6.45, 7) is 2.58. The average Bonchev–Trinajstić information content (AvgIpc) is 2.82. The zero-order valence-electron chi connectivity index (χ0n) is 9.76. The Bertz CT molecular complexity index is 491. The highest BCUT2D eigenvalue weighted by atomic mass is 16.1. The van der Waals surface area contributed by atoms with Crippen LogP contribution in [0.15, 0.2) is 42.7 Å². The van der Waals surface area contributed by atoms with Gasteiger partial charge in [-0.15, -0.1) is 0 Å². The van der Waals surface area contributed by atoms with Crippen LogP contribution in [-0.2, 0) is 11.3 Å². The van der Waals surface area contributed by atoms with Gasteiger partial charge in [0.15, 0.2) is 0 Å². The van der Waals surface area contributed by atoms with E-state index in [1.807, 2.05) is 43.5 Å². The van der Waals surface area contributed by atoms with Gasteiger partial charge in [0, 0.05) is 31.0 Å². The van der Waals surface area contributed by atoms with Gasteiger partial charge >= 0.3 is 0 Å². The van der Waals surface area contributed by atoms with E-state index in [-0.39, 0.29) is 5.91 Å². The average molecular weight is 229 g/mol. The van der Waals surface area contributed by atoms with Crippen LogP contribution in [0.5, 0.6) is 0 Å². The Morgan fingerprint density at radius 3 is 2.88 bits per heavy atom. The number of carbonyl (C=O) groups is 1. The Labute approximate surface area is 100 Å². The van der Waals surface area contributed by atoms with Gasteiger partial charge in [0.05, 0.1) is 0 Å². The number of amides is 1. The minimum Gasteiger partial charge on any atom is -0.326 e. The van der Waals surface area contributed by atoms with Crippen molar-refractivity contribution >= 4 is 11.6 Å². The van der Waals surface area contributed by atoms with Crippen LogP contribution in [0.25, 0.3) is 0 Å². The van der Waals surface area contributed by atoms with Crippen molar-refractivity contribution in [1.82, 2.24) is 9.78 Å². The van der Waals surface area contributed by atoms with E-state index in [4.69, 9.17) is 0 Å². The van der Waals surface area contributed by atoms with Crippen LogP contribution in [0.1, 0.15) is 12.0 Å². The van der Waals surface area contributed by atoms with Crippen molar-refractivity contribution in [3.05, 3.63) is 48.3 Å². The standard InChI is InChI=1S/C13H15N3O/c1-11-5-2-3-6-12(11)15-13(17)7-10-16-9-4-8-14-16/h2-6,8-9H,7,10H2,1H3,(H,15,17). The summed E-state index contributed by atoms with van der Waals surface area (Å²) in [5.41, 5.74) is 1.94. The fourth-order valence-corrected chi connectivity index (χ4v) is 1.57. The Morgan fingerprint density at radius 1 is 1.35 bits per heavy atom. The summed E-state index contributed by atoms with van der Waals surface area (Å²) >= 11 is 0. The van der Waals surface area contributed by atoms with Crippen LogP contribution in [0.4, 0.5) is 5.69 Å². The van der Waals surface area contributed by atoms with Gasteiger partial charge in [-0.25, -0.2) is 0 Å². The molecule has 4 heteroatoms. The van der Waals surface area contributed by atoms with Gasteiger partial charge in [-0.2, -0.15) is 5.10 Å². The molecule has 4 nitrogen and oxygen atoms in total. The smallest absolute Gasteiger partial charge is 0.226 e. The molecule has 0 atom stereocenters. The van der Waals surface area contributed by atoms with Crippen molar-refractivity contribution in [2.45, 2.75) is 19.9 Å². The molecule has 17 heavy (non-hydrogen) atoms. The third kappa shape index (κ3) is 3.17. The second-order valence-corrected chi connectivity index (χ2v) is 3.88. The largest absolute Gasteiger partial charge is 0.326 e. The summed E-state index contributed by atoms with van der Waals surface area (Å²) in [4.78, 5) is 11.7. The van der Waals surface area contributed by atoms with E-state index in [0.29, 0.717) is 13.0 Å². The highest BCUT2D eigenvalue weighted by molar-refractivity contribution is 5.91. The van der Waals surface area contributed by atoms with Crippen molar-refractivity contribution in [2.24, 2.45) is 0 Å². The van der Waals surface area contributed by atoms with Gasteiger partial charge in [0.2, 0.25) is 5.91 Å². The maximum absolute atomic E-state index is 11.7. The zero-order valence-corrected chi connectivity index (χ0v) is 9.76. The van der Waals surface area contributed by atoms with Gasteiger partial charge in [-0.05, 0) is 24.6 Å². The van der Waals surface area contributed by atoms with Crippen LogP contribution in [0, 0.1) is 6.92 Å². The summed E-state index contributed by atoms with van der Waals surface area (Å²) in [6, 6.07) is 9.59. The number of nitrogens with zero attached hydrogens (tertiary/aromatic N) is 2. The fourth-order valence-electron chi connectivity index (χ4n) is 1.57. The number of aromatic nitrogens is 2. The molecule has 0 fully saturated rings. The van der Waals surface area contributed by atoms with Gasteiger partial charge in [0.25, 0.3) is 0 Å². The molecule has 88 valence electrons. The molecule has 1 aromatic heterocycles. The van der Waals surface area contributed by atoms with E-state index in [1.165, 1.54) is 0 Å². The lowest BCUT2D eigenvalue weighted by molar-refractivity contribution is -0.116. The van der Waals surface area contributed by atoms with Crippen molar-refractivity contribution in [2.75, 3.05) is 5.32 Å².